The molecule has 7 heterocycles. The molecular formula is C27H35ClF2N6O3. The Morgan fingerprint density at radius 3 is 2.77 bits per heavy atom. The van der Waals surface area contributed by atoms with Gasteiger partial charge in [-0.1, -0.05) is 11.6 Å². The molecule has 0 spiro atoms. The second kappa shape index (κ2) is 9.83. The zero-order valence-corrected chi connectivity index (χ0v) is 23.4. The third kappa shape index (κ3) is 4.96. The molecule has 5 fully saturated rings. The van der Waals surface area contributed by atoms with Crippen LogP contribution in [-0.2, 0) is 4.74 Å². The summed E-state index contributed by atoms with van der Waals surface area (Å²) >= 11 is 6.04. The van der Waals surface area contributed by atoms with Gasteiger partial charge in [0.2, 0.25) is 0 Å². The van der Waals surface area contributed by atoms with Crippen LogP contribution in [0.4, 0.5) is 19.4 Å². The zero-order valence-electron chi connectivity index (χ0n) is 22.6. The van der Waals surface area contributed by atoms with E-state index in [1.54, 1.807) is 0 Å². The summed E-state index contributed by atoms with van der Waals surface area (Å²) in [6.07, 6.45) is 5.15. The highest BCUT2D eigenvalue weighted by atomic mass is 35.5. The maximum Gasteiger partial charge on any atom is 0.410 e. The first-order chi connectivity index (χ1) is 18.5. The minimum atomic E-state index is -0.884. The summed E-state index contributed by atoms with van der Waals surface area (Å²) in [5.74, 6) is -0.224. The molecule has 4 atom stereocenters. The molecule has 212 valence electrons. The van der Waals surface area contributed by atoms with Crippen molar-refractivity contribution in [2.24, 2.45) is 0 Å². The number of pyridine rings is 1. The van der Waals surface area contributed by atoms with Crippen LogP contribution in [0.2, 0.25) is 5.15 Å². The van der Waals surface area contributed by atoms with Crippen molar-refractivity contribution in [2.75, 3.05) is 37.7 Å². The van der Waals surface area contributed by atoms with E-state index in [0.29, 0.717) is 37.3 Å². The van der Waals surface area contributed by atoms with Gasteiger partial charge in [-0.15, -0.1) is 0 Å². The number of amides is 1. The number of rotatable bonds is 4. The van der Waals surface area contributed by atoms with Gasteiger partial charge in [0.1, 0.15) is 29.7 Å². The van der Waals surface area contributed by atoms with E-state index in [-0.39, 0.29) is 47.0 Å². The molecule has 5 saturated heterocycles. The molecule has 5 aliphatic rings. The predicted octanol–water partition coefficient (Wildman–Crippen LogP) is 4.75. The molecule has 2 unspecified atom stereocenters. The summed E-state index contributed by atoms with van der Waals surface area (Å²) in [6, 6.07) is -0.0951. The number of piperazine rings is 1. The van der Waals surface area contributed by atoms with Gasteiger partial charge in [-0.25, -0.2) is 18.6 Å². The number of fused-ring (bicyclic) bond motifs is 6. The SMILES string of the molecule is CC(C)(C)OC(=O)N1CC2CCCC1CN2c1nc(OC[C@@]23CCCN2C[C@H](F)C3)nc2c(F)c(Cl)ncc12. The summed E-state index contributed by atoms with van der Waals surface area (Å²) < 4.78 is 41.3. The lowest BCUT2D eigenvalue weighted by atomic mass is 9.95. The van der Waals surface area contributed by atoms with Gasteiger partial charge >= 0.3 is 12.1 Å². The van der Waals surface area contributed by atoms with E-state index in [4.69, 9.17) is 26.1 Å². The molecule has 1 amide bonds. The van der Waals surface area contributed by atoms with Crippen LogP contribution in [0, 0.1) is 5.82 Å². The number of hydrogen-bond donors (Lipinski definition) is 0. The number of halogens is 3. The van der Waals surface area contributed by atoms with Crippen molar-refractivity contribution >= 4 is 34.4 Å². The van der Waals surface area contributed by atoms with Gasteiger partial charge in [0.05, 0.1) is 17.0 Å². The number of nitrogens with zero attached hydrogens (tertiary/aromatic N) is 6. The second-order valence-corrected chi connectivity index (χ2v) is 12.7. The van der Waals surface area contributed by atoms with E-state index in [0.717, 1.165) is 38.6 Å². The Hall–Kier alpha value is -2.53. The molecule has 0 aromatic carbocycles. The van der Waals surface area contributed by atoms with Crippen LogP contribution in [0.5, 0.6) is 6.01 Å². The number of alkyl halides is 1. The highest BCUT2D eigenvalue weighted by Gasteiger charge is 2.49. The minimum Gasteiger partial charge on any atom is -0.461 e. The van der Waals surface area contributed by atoms with Crippen LogP contribution in [0.1, 0.15) is 59.3 Å². The van der Waals surface area contributed by atoms with Gasteiger partial charge in [-0.05, 0) is 59.4 Å². The molecule has 0 aliphatic carbocycles. The lowest BCUT2D eigenvalue weighted by molar-refractivity contribution is 0.0123. The highest BCUT2D eigenvalue weighted by molar-refractivity contribution is 6.30. The van der Waals surface area contributed by atoms with Crippen molar-refractivity contribution in [3.8, 4) is 6.01 Å². The van der Waals surface area contributed by atoms with Gasteiger partial charge in [0.25, 0.3) is 0 Å². The predicted molar refractivity (Wildman–Crippen MR) is 143 cm³/mol. The van der Waals surface area contributed by atoms with E-state index in [9.17, 15) is 9.18 Å². The monoisotopic (exact) mass is 564 g/mol. The topological polar surface area (TPSA) is 83.9 Å². The molecule has 0 radical (unpaired) electrons. The first-order valence-corrected chi connectivity index (χ1v) is 14.2. The average molecular weight is 565 g/mol. The zero-order chi connectivity index (χ0) is 27.5. The molecule has 7 rings (SSSR count). The Morgan fingerprint density at radius 2 is 1.97 bits per heavy atom. The summed E-state index contributed by atoms with van der Waals surface area (Å²) in [7, 11) is 0. The number of anilines is 1. The summed E-state index contributed by atoms with van der Waals surface area (Å²) in [6.45, 7) is 8.05. The molecule has 0 saturated carbocycles. The van der Waals surface area contributed by atoms with Crippen LogP contribution < -0.4 is 9.64 Å². The molecule has 5 aliphatic heterocycles. The Bertz CT molecular complexity index is 1280. The fourth-order valence-electron chi connectivity index (χ4n) is 6.77. The smallest absolute Gasteiger partial charge is 0.410 e. The lowest BCUT2D eigenvalue weighted by Gasteiger charge is -2.44. The Balaban J connectivity index is 1.32. The first-order valence-electron chi connectivity index (χ1n) is 13.8. The lowest BCUT2D eigenvalue weighted by Crippen LogP contribution is -2.59. The normalized spacial score (nSPS) is 29.1. The first kappa shape index (κ1) is 26.7. The van der Waals surface area contributed by atoms with Gasteiger partial charge < -0.3 is 19.3 Å². The molecule has 9 nitrogen and oxygen atoms in total. The quantitative estimate of drug-likeness (QED) is 0.492. The Morgan fingerprint density at radius 1 is 1.18 bits per heavy atom. The van der Waals surface area contributed by atoms with E-state index >= 15 is 4.39 Å². The van der Waals surface area contributed by atoms with Crippen LogP contribution in [-0.4, -0.2) is 93.0 Å². The van der Waals surface area contributed by atoms with Crippen molar-refractivity contribution in [1.29, 1.82) is 0 Å². The Labute approximate surface area is 231 Å². The minimum absolute atomic E-state index is 0.0336. The number of carbonyl (C=O) groups excluding carboxylic acids is 1. The van der Waals surface area contributed by atoms with Crippen LogP contribution in [0.25, 0.3) is 10.9 Å². The maximum absolute atomic E-state index is 15.2. The van der Waals surface area contributed by atoms with E-state index in [1.807, 2.05) is 25.7 Å². The van der Waals surface area contributed by atoms with E-state index in [1.165, 1.54) is 6.20 Å². The Kier molecular flexibility index (Phi) is 6.73. The summed E-state index contributed by atoms with van der Waals surface area (Å²) in [4.78, 5) is 32.3. The average Bonchev–Trinajstić information content (AvgIpc) is 3.21. The van der Waals surface area contributed by atoms with Gasteiger partial charge in [-0.3, -0.25) is 4.90 Å². The highest BCUT2D eigenvalue weighted by Crippen LogP contribution is 2.41. The second-order valence-electron chi connectivity index (χ2n) is 12.3. The third-order valence-electron chi connectivity index (χ3n) is 8.50. The van der Waals surface area contributed by atoms with Gasteiger partial charge in [0.15, 0.2) is 11.0 Å². The van der Waals surface area contributed by atoms with Gasteiger partial charge in [-0.2, -0.15) is 9.97 Å². The summed E-state index contributed by atoms with van der Waals surface area (Å²) in [5, 5.41) is 0.161. The standard InChI is InChI=1S/C27H35ClF2N6O3/c1-26(2,3)39-25(37)36-14-17-6-4-7-18(36)13-35(17)23-19-11-31-22(28)20(30)21(19)32-24(33-23)38-15-27-8-5-9-34(27)12-16(29)10-27/h11,16-18H,4-10,12-15H2,1-3H3/t16-,17?,18?,27+/m1/s1. The van der Waals surface area contributed by atoms with Gasteiger partial charge in [0, 0.05) is 38.3 Å². The van der Waals surface area contributed by atoms with E-state index in [2.05, 4.69) is 19.8 Å². The molecule has 12 heteroatoms. The molecule has 2 aromatic heterocycles. The van der Waals surface area contributed by atoms with Crippen molar-refractivity contribution in [1.82, 2.24) is 24.8 Å². The number of hydrogen-bond acceptors (Lipinski definition) is 8. The largest absolute Gasteiger partial charge is 0.461 e. The van der Waals surface area contributed by atoms with Crippen molar-refractivity contribution in [3.63, 3.8) is 0 Å². The number of carbonyl (C=O) groups is 1. The summed E-state index contributed by atoms with van der Waals surface area (Å²) in [5.41, 5.74) is -0.938. The van der Waals surface area contributed by atoms with E-state index < -0.39 is 17.6 Å². The molecule has 2 bridgehead atoms. The molecule has 2 aromatic rings. The van der Waals surface area contributed by atoms with Crippen LogP contribution >= 0.6 is 11.6 Å². The van der Waals surface area contributed by atoms with Crippen molar-refractivity contribution < 1.29 is 23.0 Å². The van der Waals surface area contributed by atoms with Crippen molar-refractivity contribution in [3.05, 3.63) is 17.2 Å². The fraction of sp³-hybridized carbons (Fsp3) is 0.704. The molecule has 0 N–H and O–H groups in total. The third-order valence-corrected chi connectivity index (χ3v) is 8.77. The molecular weight excluding hydrogens is 530 g/mol. The maximum atomic E-state index is 15.2. The van der Waals surface area contributed by atoms with Crippen LogP contribution in [0.3, 0.4) is 0 Å². The number of aromatic nitrogens is 3. The van der Waals surface area contributed by atoms with Crippen LogP contribution in [0.15, 0.2) is 6.20 Å². The number of ether oxygens (including phenoxy) is 2. The fourth-order valence-corrected chi connectivity index (χ4v) is 6.91. The molecule has 39 heavy (non-hydrogen) atoms. The van der Waals surface area contributed by atoms with Crippen molar-refractivity contribution in [2.45, 2.75) is 88.7 Å².